The summed E-state index contributed by atoms with van der Waals surface area (Å²) in [6.07, 6.45) is 1.99. The summed E-state index contributed by atoms with van der Waals surface area (Å²) >= 11 is 14.4. The van der Waals surface area contributed by atoms with E-state index < -0.39 is 0 Å². The lowest BCUT2D eigenvalue weighted by atomic mass is 9.99. The highest BCUT2D eigenvalue weighted by Crippen LogP contribution is 2.39. The van der Waals surface area contributed by atoms with Crippen molar-refractivity contribution < 1.29 is 0 Å². The molecule has 2 aromatic carbocycles. The molecule has 0 radical (unpaired) electrons. The van der Waals surface area contributed by atoms with Crippen LogP contribution in [0.3, 0.4) is 0 Å². The number of benzene rings is 2. The fourth-order valence-electron chi connectivity index (χ4n) is 2.79. The Morgan fingerprint density at radius 2 is 2.05 bits per heavy atom. The monoisotopic (exact) mass is 337 g/mol. The minimum Gasteiger partial charge on any atom is -0.316 e. The number of nitrogens with one attached hydrogen (secondary N) is 1. The number of hydrogen-bond donors (Lipinski definition) is 1. The van der Waals surface area contributed by atoms with Gasteiger partial charge in [-0.3, -0.25) is 0 Å². The summed E-state index contributed by atoms with van der Waals surface area (Å²) in [4.78, 5) is 1.40. The predicted octanol–water partition coefficient (Wildman–Crippen LogP) is 4.84. The second-order valence-corrected chi connectivity index (χ2v) is 7.43. The van der Waals surface area contributed by atoms with Crippen molar-refractivity contribution in [3.8, 4) is 0 Å². The Bertz CT molecular complexity index is 619. The maximum absolute atomic E-state index is 6.30. The Hall–Kier alpha value is -0.670. The number of fused-ring (bicyclic) bond motifs is 1. The van der Waals surface area contributed by atoms with Crippen LogP contribution in [0.25, 0.3) is 0 Å². The van der Waals surface area contributed by atoms with E-state index in [0.717, 1.165) is 28.5 Å². The molecule has 1 aliphatic rings. The van der Waals surface area contributed by atoms with E-state index in [0.29, 0.717) is 11.3 Å². The molecule has 0 spiro atoms. The molecule has 1 heterocycles. The Kier molecular flexibility index (Phi) is 4.80. The standard InChI is InChI=1S/C17H17Cl2NS/c1-20-15(9-12-8-13(18)6-7-14(12)19)17-10-11-4-2-3-5-16(11)21-17/h2-8,15,17,20H,9-10H2,1H3. The van der Waals surface area contributed by atoms with Crippen LogP contribution in [0, 0.1) is 0 Å². The molecule has 21 heavy (non-hydrogen) atoms. The summed E-state index contributed by atoms with van der Waals surface area (Å²) in [6.45, 7) is 0. The van der Waals surface area contributed by atoms with Gasteiger partial charge in [-0.25, -0.2) is 0 Å². The van der Waals surface area contributed by atoms with Crippen molar-refractivity contribution in [1.82, 2.24) is 5.32 Å². The minimum atomic E-state index is 0.373. The van der Waals surface area contributed by atoms with E-state index in [2.05, 4.69) is 29.6 Å². The number of halogens is 2. The molecule has 110 valence electrons. The van der Waals surface area contributed by atoms with Gasteiger partial charge in [0.2, 0.25) is 0 Å². The summed E-state index contributed by atoms with van der Waals surface area (Å²) in [7, 11) is 2.02. The smallest absolute Gasteiger partial charge is 0.0439 e. The topological polar surface area (TPSA) is 12.0 Å². The lowest BCUT2D eigenvalue weighted by Crippen LogP contribution is -2.37. The van der Waals surface area contributed by atoms with Gasteiger partial charge in [0.1, 0.15) is 0 Å². The number of likely N-dealkylation sites (N-methyl/N-ethyl adjacent to an activating group) is 1. The van der Waals surface area contributed by atoms with Gasteiger partial charge in [0.05, 0.1) is 0 Å². The Labute approximate surface area is 140 Å². The Morgan fingerprint density at radius 1 is 1.24 bits per heavy atom. The third-order valence-corrected chi connectivity index (χ3v) is 5.99. The van der Waals surface area contributed by atoms with Gasteiger partial charge in [-0.15, -0.1) is 11.8 Å². The zero-order valence-corrected chi connectivity index (χ0v) is 14.1. The van der Waals surface area contributed by atoms with Gasteiger partial charge in [0, 0.05) is 26.2 Å². The van der Waals surface area contributed by atoms with Gasteiger partial charge in [-0.2, -0.15) is 0 Å². The van der Waals surface area contributed by atoms with Gasteiger partial charge < -0.3 is 5.32 Å². The normalized spacial score (nSPS) is 18.5. The van der Waals surface area contributed by atoms with Crippen LogP contribution in [0.2, 0.25) is 10.0 Å². The van der Waals surface area contributed by atoms with Crippen LogP contribution in [0.15, 0.2) is 47.4 Å². The van der Waals surface area contributed by atoms with Gasteiger partial charge in [0.25, 0.3) is 0 Å². The highest BCUT2D eigenvalue weighted by molar-refractivity contribution is 8.00. The number of thioether (sulfide) groups is 1. The van der Waals surface area contributed by atoms with Crippen molar-refractivity contribution >= 4 is 35.0 Å². The third kappa shape index (κ3) is 3.40. The van der Waals surface area contributed by atoms with Gasteiger partial charge in [0.15, 0.2) is 0 Å². The lowest BCUT2D eigenvalue weighted by Gasteiger charge is -2.23. The van der Waals surface area contributed by atoms with Crippen molar-refractivity contribution in [1.29, 1.82) is 0 Å². The molecule has 0 saturated heterocycles. The first-order valence-electron chi connectivity index (χ1n) is 7.03. The van der Waals surface area contributed by atoms with E-state index in [1.807, 2.05) is 37.0 Å². The fraction of sp³-hybridized carbons (Fsp3) is 0.294. The summed E-state index contributed by atoms with van der Waals surface area (Å²) in [5.74, 6) is 0. The van der Waals surface area contributed by atoms with Crippen molar-refractivity contribution in [2.24, 2.45) is 0 Å². The molecule has 1 N–H and O–H groups in total. The quantitative estimate of drug-likeness (QED) is 0.856. The second-order valence-electron chi connectivity index (χ2n) is 5.30. The molecular formula is C17H17Cl2NS. The highest BCUT2D eigenvalue weighted by atomic mass is 35.5. The third-order valence-electron chi connectivity index (χ3n) is 3.94. The molecule has 0 fully saturated rings. The first kappa shape index (κ1) is 15.2. The zero-order chi connectivity index (χ0) is 14.8. The zero-order valence-electron chi connectivity index (χ0n) is 11.8. The molecule has 0 aromatic heterocycles. The van der Waals surface area contributed by atoms with Crippen LogP contribution in [0.1, 0.15) is 11.1 Å². The first-order chi connectivity index (χ1) is 10.2. The van der Waals surface area contributed by atoms with Crippen LogP contribution in [-0.4, -0.2) is 18.3 Å². The molecule has 3 rings (SSSR count). The molecule has 0 saturated carbocycles. The molecular weight excluding hydrogens is 321 g/mol. The van der Waals surface area contributed by atoms with Gasteiger partial charge >= 0.3 is 0 Å². The molecule has 4 heteroatoms. The Balaban J connectivity index is 1.76. The molecule has 1 aliphatic heterocycles. The average molecular weight is 338 g/mol. The van der Waals surface area contributed by atoms with E-state index >= 15 is 0 Å². The van der Waals surface area contributed by atoms with Crippen LogP contribution < -0.4 is 5.32 Å². The Morgan fingerprint density at radius 3 is 2.81 bits per heavy atom. The highest BCUT2D eigenvalue weighted by Gasteiger charge is 2.28. The molecule has 1 nitrogen and oxygen atoms in total. The average Bonchev–Trinajstić information content (AvgIpc) is 2.91. The molecule has 2 aromatic rings. The maximum atomic E-state index is 6.30. The van der Waals surface area contributed by atoms with Crippen LogP contribution in [0.4, 0.5) is 0 Å². The predicted molar refractivity (Wildman–Crippen MR) is 92.8 cm³/mol. The number of rotatable bonds is 4. The molecule has 2 atom stereocenters. The van der Waals surface area contributed by atoms with Crippen LogP contribution in [-0.2, 0) is 12.8 Å². The largest absolute Gasteiger partial charge is 0.316 e. The summed E-state index contributed by atoms with van der Waals surface area (Å²) in [6, 6.07) is 14.7. The van der Waals surface area contributed by atoms with Gasteiger partial charge in [-0.05, 0) is 55.3 Å². The maximum Gasteiger partial charge on any atom is 0.0439 e. The number of hydrogen-bond acceptors (Lipinski definition) is 2. The second kappa shape index (κ2) is 6.62. The van der Waals surface area contributed by atoms with Crippen molar-refractivity contribution in [3.63, 3.8) is 0 Å². The SMILES string of the molecule is CNC(Cc1cc(Cl)ccc1Cl)C1Cc2ccccc2S1. The minimum absolute atomic E-state index is 0.373. The van der Waals surface area contributed by atoms with E-state index in [1.54, 1.807) is 0 Å². The van der Waals surface area contributed by atoms with E-state index in [1.165, 1.54) is 10.5 Å². The van der Waals surface area contributed by atoms with Crippen molar-refractivity contribution in [3.05, 3.63) is 63.6 Å². The van der Waals surface area contributed by atoms with Crippen LogP contribution >= 0.6 is 35.0 Å². The summed E-state index contributed by atoms with van der Waals surface area (Å²) in [5, 5.41) is 5.52. The van der Waals surface area contributed by atoms with Gasteiger partial charge in [-0.1, -0.05) is 41.4 Å². The van der Waals surface area contributed by atoms with Crippen molar-refractivity contribution in [2.45, 2.75) is 29.0 Å². The summed E-state index contributed by atoms with van der Waals surface area (Å²) < 4.78 is 0. The molecule has 0 aliphatic carbocycles. The summed E-state index contributed by atoms with van der Waals surface area (Å²) in [5.41, 5.74) is 2.56. The van der Waals surface area contributed by atoms with E-state index in [9.17, 15) is 0 Å². The van der Waals surface area contributed by atoms with Crippen LogP contribution in [0.5, 0.6) is 0 Å². The fourth-order valence-corrected chi connectivity index (χ4v) is 4.62. The van der Waals surface area contributed by atoms with E-state index in [-0.39, 0.29) is 0 Å². The molecule has 2 unspecified atom stereocenters. The molecule has 0 bridgehead atoms. The first-order valence-corrected chi connectivity index (χ1v) is 8.66. The molecule has 0 amide bonds. The van der Waals surface area contributed by atoms with Crippen molar-refractivity contribution in [2.75, 3.05) is 7.05 Å². The van der Waals surface area contributed by atoms with E-state index in [4.69, 9.17) is 23.2 Å². The lowest BCUT2D eigenvalue weighted by molar-refractivity contribution is 0.537.